The van der Waals surface area contributed by atoms with Crippen molar-refractivity contribution in [1.29, 1.82) is 0 Å². The lowest BCUT2D eigenvalue weighted by Crippen LogP contribution is -2.49. The Kier molecular flexibility index (Phi) is 5.57. The lowest BCUT2D eigenvalue weighted by molar-refractivity contribution is -0.133. The molecule has 3 N–H and O–H groups in total. The molecule has 1 aromatic carbocycles. The number of fused-ring (bicyclic) bond motifs is 1. The minimum Gasteiger partial charge on any atom is -0.349 e. The molecule has 6 nitrogen and oxygen atoms in total. The molecule has 148 valence electrons. The van der Waals surface area contributed by atoms with Crippen LogP contribution in [0.4, 0.5) is 0 Å². The van der Waals surface area contributed by atoms with Crippen LogP contribution >= 0.6 is 0 Å². The molecule has 0 radical (unpaired) electrons. The fraction of sp³-hybridized carbons (Fsp3) is 0.500. The highest BCUT2D eigenvalue weighted by Gasteiger charge is 2.33. The van der Waals surface area contributed by atoms with Crippen molar-refractivity contribution in [3.05, 3.63) is 42.2 Å². The number of nitrogens with two attached hydrogens (primary N) is 1. The van der Waals surface area contributed by atoms with Gasteiger partial charge in [0.1, 0.15) is 0 Å². The lowest BCUT2D eigenvalue weighted by atomic mass is 9.81. The Hall–Kier alpha value is -2.47. The number of amides is 2. The van der Waals surface area contributed by atoms with Crippen molar-refractivity contribution in [2.24, 2.45) is 11.7 Å². The molecule has 1 aromatic heterocycles. The van der Waals surface area contributed by atoms with Gasteiger partial charge in [-0.1, -0.05) is 24.3 Å². The molecule has 0 unspecified atom stereocenters. The van der Waals surface area contributed by atoms with Crippen molar-refractivity contribution in [3.8, 4) is 0 Å². The van der Waals surface area contributed by atoms with Gasteiger partial charge in [-0.3, -0.25) is 14.6 Å². The fourth-order valence-electron chi connectivity index (χ4n) is 4.53. The highest BCUT2D eigenvalue weighted by Crippen LogP contribution is 2.28. The van der Waals surface area contributed by atoms with E-state index in [-0.39, 0.29) is 23.8 Å². The molecule has 1 atom stereocenters. The molecular formula is C22H28N4O2. The molecule has 1 saturated carbocycles. The summed E-state index contributed by atoms with van der Waals surface area (Å²) < 4.78 is 0. The zero-order valence-electron chi connectivity index (χ0n) is 16.1. The van der Waals surface area contributed by atoms with E-state index in [2.05, 4.69) is 10.3 Å². The van der Waals surface area contributed by atoms with Crippen LogP contribution in [0.2, 0.25) is 0 Å². The first-order valence-corrected chi connectivity index (χ1v) is 10.3. The van der Waals surface area contributed by atoms with Crippen molar-refractivity contribution in [2.75, 3.05) is 13.1 Å². The minimum absolute atomic E-state index is 0.0785. The second-order valence-corrected chi connectivity index (χ2v) is 8.05. The van der Waals surface area contributed by atoms with Gasteiger partial charge in [-0.25, -0.2) is 0 Å². The zero-order chi connectivity index (χ0) is 19.5. The summed E-state index contributed by atoms with van der Waals surface area (Å²) in [6.45, 7) is 1.69. The number of carbonyl (C=O) groups is 2. The van der Waals surface area contributed by atoms with Gasteiger partial charge in [-0.15, -0.1) is 0 Å². The summed E-state index contributed by atoms with van der Waals surface area (Å²) in [5.41, 5.74) is 6.90. The number of hydrogen-bond acceptors (Lipinski definition) is 4. The van der Waals surface area contributed by atoms with Gasteiger partial charge in [0.05, 0.1) is 11.6 Å². The molecule has 28 heavy (non-hydrogen) atoms. The third kappa shape index (κ3) is 3.87. The van der Waals surface area contributed by atoms with Gasteiger partial charge in [0.2, 0.25) is 5.91 Å². The van der Waals surface area contributed by atoms with Crippen molar-refractivity contribution in [1.82, 2.24) is 15.2 Å². The zero-order valence-corrected chi connectivity index (χ0v) is 16.1. The van der Waals surface area contributed by atoms with Crippen LogP contribution < -0.4 is 11.1 Å². The summed E-state index contributed by atoms with van der Waals surface area (Å²) in [5, 5.41) is 5.04. The maximum absolute atomic E-state index is 12.8. The van der Waals surface area contributed by atoms with Crippen molar-refractivity contribution in [3.63, 3.8) is 0 Å². The maximum atomic E-state index is 12.8. The minimum atomic E-state index is -0.406. The largest absolute Gasteiger partial charge is 0.349 e. The van der Waals surface area contributed by atoms with Gasteiger partial charge < -0.3 is 16.0 Å². The first-order chi connectivity index (χ1) is 13.6. The summed E-state index contributed by atoms with van der Waals surface area (Å²) in [7, 11) is 0. The SMILES string of the molecule is N[C@H](C(=O)N1CCCC1)C1CCC(NC(=O)c2cncc3ccccc23)CC1. The van der Waals surface area contributed by atoms with Gasteiger partial charge in [0.25, 0.3) is 5.91 Å². The van der Waals surface area contributed by atoms with Crippen molar-refractivity contribution in [2.45, 2.75) is 50.6 Å². The van der Waals surface area contributed by atoms with E-state index in [4.69, 9.17) is 5.73 Å². The highest BCUT2D eigenvalue weighted by molar-refractivity contribution is 6.06. The number of carbonyl (C=O) groups excluding carboxylic acids is 2. The van der Waals surface area contributed by atoms with Crippen molar-refractivity contribution >= 4 is 22.6 Å². The number of pyridine rings is 1. The van der Waals surface area contributed by atoms with Gasteiger partial charge in [-0.05, 0) is 49.8 Å². The van der Waals surface area contributed by atoms with Crippen LogP contribution in [-0.2, 0) is 4.79 Å². The van der Waals surface area contributed by atoms with Crippen LogP contribution in [0.5, 0.6) is 0 Å². The first-order valence-electron chi connectivity index (χ1n) is 10.3. The predicted molar refractivity (Wildman–Crippen MR) is 109 cm³/mol. The van der Waals surface area contributed by atoms with E-state index in [9.17, 15) is 9.59 Å². The standard InChI is InChI=1S/C22H28N4O2/c23-20(22(28)26-11-3-4-12-26)15-7-9-17(10-8-15)25-21(27)19-14-24-13-16-5-1-2-6-18(16)19/h1-2,5-6,13-15,17,20H,3-4,7-12,23H2,(H,25,27)/t15?,17?,20-/m0/s1. The number of nitrogens with zero attached hydrogens (tertiary/aromatic N) is 2. The highest BCUT2D eigenvalue weighted by atomic mass is 16.2. The molecular weight excluding hydrogens is 352 g/mol. The third-order valence-electron chi connectivity index (χ3n) is 6.23. The summed E-state index contributed by atoms with van der Waals surface area (Å²) in [6, 6.07) is 7.51. The van der Waals surface area contributed by atoms with E-state index >= 15 is 0 Å². The number of rotatable bonds is 4. The van der Waals surface area contributed by atoms with E-state index in [1.54, 1.807) is 12.4 Å². The summed E-state index contributed by atoms with van der Waals surface area (Å²) in [4.78, 5) is 31.4. The van der Waals surface area contributed by atoms with Gasteiger partial charge in [-0.2, -0.15) is 0 Å². The quantitative estimate of drug-likeness (QED) is 0.853. The summed E-state index contributed by atoms with van der Waals surface area (Å²) in [5.74, 6) is 0.234. The molecule has 2 fully saturated rings. The molecule has 4 rings (SSSR count). The second kappa shape index (κ2) is 8.27. The average Bonchev–Trinajstić information content (AvgIpc) is 3.27. The Balaban J connectivity index is 1.34. The predicted octanol–water partition coefficient (Wildman–Crippen LogP) is 2.47. The average molecular weight is 380 g/mol. The Morgan fingerprint density at radius 2 is 1.79 bits per heavy atom. The molecule has 2 heterocycles. The molecule has 2 amide bonds. The Bertz CT molecular complexity index is 849. The van der Waals surface area contributed by atoms with Crippen LogP contribution in [0, 0.1) is 5.92 Å². The fourth-order valence-corrected chi connectivity index (χ4v) is 4.53. The van der Waals surface area contributed by atoms with Crippen LogP contribution in [0.1, 0.15) is 48.9 Å². The number of hydrogen-bond donors (Lipinski definition) is 2. The molecule has 0 bridgehead atoms. The van der Waals surface area contributed by atoms with Crippen LogP contribution in [0.3, 0.4) is 0 Å². The van der Waals surface area contributed by atoms with E-state index in [0.717, 1.165) is 62.4 Å². The van der Waals surface area contributed by atoms with Crippen molar-refractivity contribution < 1.29 is 9.59 Å². The monoisotopic (exact) mass is 380 g/mol. The van der Waals surface area contributed by atoms with Gasteiger partial charge >= 0.3 is 0 Å². The van der Waals surface area contributed by atoms with E-state index in [1.807, 2.05) is 29.2 Å². The molecule has 1 saturated heterocycles. The number of nitrogens with one attached hydrogen (secondary N) is 1. The third-order valence-corrected chi connectivity index (χ3v) is 6.23. The number of likely N-dealkylation sites (tertiary alicyclic amines) is 1. The van der Waals surface area contributed by atoms with Crippen LogP contribution in [0.15, 0.2) is 36.7 Å². The van der Waals surface area contributed by atoms with E-state index in [0.29, 0.717) is 5.56 Å². The second-order valence-electron chi connectivity index (χ2n) is 8.05. The number of aromatic nitrogens is 1. The van der Waals surface area contributed by atoms with Crippen LogP contribution in [-0.4, -0.2) is 46.9 Å². The van der Waals surface area contributed by atoms with E-state index < -0.39 is 6.04 Å². The molecule has 0 spiro atoms. The summed E-state index contributed by atoms with van der Waals surface area (Å²) in [6.07, 6.45) is 9.04. The van der Waals surface area contributed by atoms with Crippen LogP contribution in [0.25, 0.3) is 10.8 Å². The first kappa shape index (κ1) is 18.9. The molecule has 2 aliphatic rings. The Morgan fingerprint density at radius 1 is 1.07 bits per heavy atom. The Labute approximate surface area is 165 Å². The lowest BCUT2D eigenvalue weighted by Gasteiger charge is -2.33. The number of benzene rings is 1. The molecule has 2 aromatic rings. The molecule has 1 aliphatic heterocycles. The van der Waals surface area contributed by atoms with Gasteiger partial charge in [0.15, 0.2) is 0 Å². The smallest absolute Gasteiger partial charge is 0.253 e. The van der Waals surface area contributed by atoms with E-state index in [1.165, 1.54) is 0 Å². The topological polar surface area (TPSA) is 88.3 Å². The summed E-state index contributed by atoms with van der Waals surface area (Å²) >= 11 is 0. The van der Waals surface area contributed by atoms with Gasteiger partial charge in [0, 0.05) is 36.9 Å². The maximum Gasteiger partial charge on any atom is 0.253 e. The Morgan fingerprint density at radius 3 is 2.54 bits per heavy atom. The molecule has 6 heteroatoms. The normalized spacial score (nSPS) is 23.5. The molecule has 1 aliphatic carbocycles.